The minimum Gasteiger partial charge on any atom is -0.399 e. The molecule has 5 rings (SSSR count). The van der Waals surface area contributed by atoms with Crippen LogP contribution in [0.2, 0.25) is 0 Å². The first kappa shape index (κ1) is 18.7. The first-order chi connectivity index (χ1) is 14.7. The third-order valence-electron chi connectivity index (χ3n) is 5.73. The van der Waals surface area contributed by atoms with Gasteiger partial charge in [-0.1, -0.05) is 0 Å². The molecule has 0 saturated carbocycles. The maximum Gasteiger partial charge on any atom is 0.161 e. The number of fused-ring (bicyclic) bond motifs is 1. The van der Waals surface area contributed by atoms with Crippen molar-refractivity contribution in [1.82, 2.24) is 19.9 Å². The van der Waals surface area contributed by atoms with Gasteiger partial charge < -0.3 is 20.3 Å². The van der Waals surface area contributed by atoms with Gasteiger partial charge in [-0.15, -0.1) is 0 Å². The Labute approximate surface area is 175 Å². The Kier molecular flexibility index (Phi) is 4.92. The summed E-state index contributed by atoms with van der Waals surface area (Å²) in [6, 6.07) is 8.01. The summed E-state index contributed by atoms with van der Waals surface area (Å²) in [6.07, 6.45) is 6.09. The molecule has 1 fully saturated rings. The first-order valence-corrected chi connectivity index (χ1v) is 10.3. The van der Waals surface area contributed by atoms with Gasteiger partial charge in [-0.3, -0.25) is 4.98 Å². The molecule has 0 amide bonds. The Morgan fingerprint density at radius 2 is 1.97 bits per heavy atom. The Bertz CT molecular complexity index is 1030. The van der Waals surface area contributed by atoms with E-state index in [2.05, 4.69) is 26.7 Å². The van der Waals surface area contributed by atoms with E-state index in [4.69, 9.17) is 20.4 Å². The minimum atomic E-state index is 0.273. The largest absolute Gasteiger partial charge is 0.399 e. The zero-order valence-corrected chi connectivity index (χ0v) is 17.0. The number of nitrogens with zero attached hydrogens (tertiary/aromatic N) is 6. The summed E-state index contributed by atoms with van der Waals surface area (Å²) in [5.74, 6) is 2.63. The highest BCUT2D eigenvalue weighted by Gasteiger charge is 2.29. The SMILES string of the molecule is C[C@H]1COCCN1c1nc(-c2ccc(N)cc2)nc2c1CCN(c1cnccn1)C2. The second kappa shape index (κ2) is 7.87. The highest BCUT2D eigenvalue weighted by atomic mass is 16.5. The van der Waals surface area contributed by atoms with Crippen LogP contribution in [-0.2, 0) is 17.7 Å². The van der Waals surface area contributed by atoms with E-state index < -0.39 is 0 Å². The number of benzene rings is 1. The van der Waals surface area contributed by atoms with Crippen LogP contribution in [0.1, 0.15) is 18.2 Å². The van der Waals surface area contributed by atoms with Gasteiger partial charge in [0.15, 0.2) is 5.82 Å². The summed E-state index contributed by atoms with van der Waals surface area (Å²) in [7, 11) is 0. The fourth-order valence-electron chi connectivity index (χ4n) is 4.10. The Balaban J connectivity index is 1.58. The molecule has 4 heterocycles. The molecule has 2 aliphatic heterocycles. The highest BCUT2D eigenvalue weighted by molar-refractivity contribution is 5.64. The lowest BCUT2D eigenvalue weighted by Gasteiger charge is -2.38. The van der Waals surface area contributed by atoms with Crippen LogP contribution in [0.15, 0.2) is 42.9 Å². The molecule has 0 radical (unpaired) electrons. The van der Waals surface area contributed by atoms with E-state index in [1.807, 2.05) is 24.3 Å². The van der Waals surface area contributed by atoms with Crippen LogP contribution in [-0.4, -0.2) is 52.3 Å². The van der Waals surface area contributed by atoms with Gasteiger partial charge in [0.1, 0.15) is 11.6 Å². The van der Waals surface area contributed by atoms with Gasteiger partial charge in [-0.05, 0) is 37.6 Å². The van der Waals surface area contributed by atoms with Gasteiger partial charge in [-0.25, -0.2) is 15.0 Å². The van der Waals surface area contributed by atoms with Crippen molar-refractivity contribution >= 4 is 17.3 Å². The number of hydrogen-bond donors (Lipinski definition) is 1. The fraction of sp³-hybridized carbons (Fsp3) is 0.364. The fourth-order valence-corrected chi connectivity index (χ4v) is 4.10. The molecule has 154 valence electrons. The van der Waals surface area contributed by atoms with Crippen molar-refractivity contribution < 1.29 is 4.74 Å². The third-order valence-corrected chi connectivity index (χ3v) is 5.73. The summed E-state index contributed by atoms with van der Waals surface area (Å²) < 4.78 is 5.66. The first-order valence-electron chi connectivity index (χ1n) is 10.3. The molecular formula is C22H25N7O. The predicted molar refractivity (Wildman–Crippen MR) is 116 cm³/mol. The summed E-state index contributed by atoms with van der Waals surface area (Å²) in [5, 5.41) is 0. The monoisotopic (exact) mass is 403 g/mol. The van der Waals surface area contributed by atoms with Crippen molar-refractivity contribution in [3.63, 3.8) is 0 Å². The van der Waals surface area contributed by atoms with Gasteiger partial charge in [0.25, 0.3) is 0 Å². The number of ether oxygens (including phenoxy) is 1. The average molecular weight is 403 g/mol. The zero-order chi connectivity index (χ0) is 20.5. The van der Waals surface area contributed by atoms with Crippen LogP contribution < -0.4 is 15.5 Å². The average Bonchev–Trinajstić information content (AvgIpc) is 2.79. The lowest BCUT2D eigenvalue weighted by molar-refractivity contribution is 0.0984. The van der Waals surface area contributed by atoms with Gasteiger partial charge in [0, 0.05) is 42.3 Å². The maximum atomic E-state index is 5.88. The van der Waals surface area contributed by atoms with E-state index in [0.29, 0.717) is 19.8 Å². The topological polar surface area (TPSA) is 93.3 Å². The van der Waals surface area contributed by atoms with Crippen molar-refractivity contribution in [2.75, 3.05) is 41.8 Å². The van der Waals surface area contributed by atoms with E-state index >= 15 is 0 Å². The second-order valence-corrected chi connectivity index (χ2v) is 7.77. The molecule has 0 spiro atoms. The van der Waals surface area contributed by atoms with Gasteiger partial charge in [0.2, 0.25) is 0 Å². The van der Waals surface area contributed by atoms with Crippen LogP contribution in [0.3, 0.4) is 0 Å². The smallest absolute Gasteiger partial charge is 0.161 e. The molecule has 2 aliphatic rings. The standard InChI is InChI=1S/C22H25N7O/c1-15-14-30-11-10-29(15)22-18-6-9-28(20-12-24-7-8-25-20)13-19(18)26-21(27-22)16-2-4-17(23)5-3-16/h2-5,7-8,12,15H,6,9-11,13-14,23H2,1H3/t15-/m0/s1. The highest BCUT2D eigenvalue weighted by Crippen LogP contribution is 2.32. The molecule has 0 bridgehead atoms. The molecule has 8 heteroatoms. The summed E-state index contributed by atoms with van der Waals surface area (Å²) in [4.78, 5) is 23.3. The molecule has 2 aromatic heterocycles. The van der Waals surface area contributed by atoms with E-state index in [0.717, 1.165) is 53.9 Å². The molecule has 3 aromatic rings. The predicted octanol–water partition coefficient (Wildman–Crippen LogP) is 2.30. The summed E-state index contributed by atoms with van der Waals surface area (Å²) in [5.41, 5.74) is 9.84. The van der Waals surface area contributed by atoms with Crippen LogP contribution in [0, 0.1) is 0 Å². The van der Waals surface area contributed by atoms with Crippen molar-refractivity contribution in [2.24, 2.45) is 0 Å². The van der Waals surface area contributed by atoms with Gasteiger partial charge >= 0.3 is 0 Å². The van der Waals surface area contributed by atoms with E-state index in [-0.39, 0.29) is 6.04 Å². The van der Waals surface area contributed by atoms with Crippen LogP contribution >= 0.6 is 0 Å². The second-order valence-electron chi connectivity index (χ2n) is 7.77. The Hall–Kier alpha value is -3.26. The van der Waals surface area contributed by atoms with Crippen molar-refractivity contribution in [3.05, 3.63) is 54.1 Å². The molecule has 1 aromatic carbocycles. The number of morpholine rings is 1. The van der Waals surface area contributed by atoms with Crippen molar-refractivity contribution in [3.8, 4) is 11.4 Å². The number of nitrogen functional groups attached to an aromatic ring is 1. The molecule has 1 saturated heterocycles. The zero-order valence-electron chi connectivity index (χ0n) is 17.0. The molecule has 0 unspecified atom stereocenters. The van der Waals surface area contributed by atoms with Crippen LogP contribution in [0.5, 0.6) is 0 Å². The van der Waals surface area contributed by atoms with Crippen LogP contribution in [0.25, 0.3) is 11.4 Å². The molecule has 30 heavy (non-hydrogen) atoms. The normalized spacial score (nSPS) is 18.9. The van der Waals surface area contributed by atoms with E-state index in [9.17, 15) is 0 Å². The number of aromatic nitrogens is 4. The van der Waals surface area contributed by atoms with Crippen LogP contribution in [0.4, 0.5) is 17.3 Å². The number of nitrogens with two attached hydrogens (primary N) is 1. The number of rotatable bonds is 3. The van der Waals surface area contributed by atoms with E-state index in [1.165, 1.54) is 5.56 Å². The number of hydrogen-bond acceptors (Lipinski definition) is 8. The quantitative estimate of drug-likeness (QED) is 0.666. The Morgan fingerprint density at radius 1 is 1.10 bits per heavy atom. The lowest BCUT2D eigenvalue weighted by atomic mass is 10.0. The molecular weight excluding hydrogens is 378 g/mol. The molecule has 1 atom stereocenters. The summed E-state index contributed by atoms with van der Waals surface area (Å²) in [6.45, 7) is 5.99. The Morgan fingerprint density at radius 3 is 2.73 bits per heavy atom. The molecule has 0 aliphatic carbocycles. The number of anilines is 3. The molecule has 8 nitrogen and oxygen atoms in total. The third kappa shape index (κ3) is 3.54. The summed E-state index contributed by atoms with van der Waals surface area (Å²) >= 11 is 0. The van der Waals surface area contributed by atoms with Crippen molar-refractivity contribution in [1.29, 1.82) is 0 Å². The maximum absolute atomic E-state index is 5.88. The lowest BCUT2D eigenvalue weighted by Crippen LogP contribution is -2.45. The van der Waals surface area contributed by atoms with E-state index in [1.54, 1.807) is 18.6 Å². The van der Waals surface area contributed by atoms with Crippen molar-refractivity contribution in [2.45, 2.75) is 25.9 Å². The van der Waals surface area contributed by atoms with Gasteiger partial charge in [0.05, 0.1) is 37.7 Å². The molecule has 2 N–H and O–H groups in total. The minimum absolute atomic E-state index is 0.273. The van der Waals surface area contributed by atoms with Gasteiger partial charge in [-0.2, -0.15) is 0 Å².